The molecule has 0 aliphatic rings. The molecule has 2 aromatic carbocycles. The lowest BCUT2D eigenvalue weighted by Crippen LogP contribution is -1.99. The van der Waals surface area contributed by atoms with Crippen molar-refractivity contribution in [2.24, 2.45) is 0 Å². The van der Waals surface area contributed by atoms with E-state index in [1.54, 1.807) is 21.3 Å². The van der Waals surface area contributed by atoms with Gasteiger partial charge in [0.1, 0.15) is 5.69 Å². The van der Waals surface area contributed by atoms with Crippen molar-refractivity contribution in [3.8, 4) is 40.0 Å². The monoisotopic (exact) mass is 387 g/mol. The highest BCUT2D eigenvalue weighted by atomic mass is 16.5. The highest BCUT2D eigenvalue weighted by Gasteiger charge is 2.17. The maximum absolute atomic E-state index is 5.49. The summed E-state index contributed by atoms with van der Waals surface area (Å²) in [7, 11) is 4.78. The lowest BCUT2D eigenvalue weighted by molar-refractivity contribution is 0.324. The Labute approximate surface area is 169 Å². The van der Waals surface area contributed by atoms with Gasteiger partial charge in [-0.15, -0.1) is 0 Å². The Hall–Kier alpha value is -3.67. The molecule has 0 amide bonds. The number of methoxy groups -OCH3 is 3. The van der Waals surface area contributed by atoms with E-state index in [1.807, 2.05) is 61.7 Å². The van der Waals surface area contributed by atoms with Crippen molar-refractivity contribution in [1.29, 1.82) is 0 Å². The van der Waals surface area contributed by atoms with Crippen LogP contribution in [0.25, 0.3) is 33.7 Å². The van der Waals surface area contributed by atoms with E-state index in [9.17, 15) is 0 Å². The molecule has 0 atom stereocenters. The third-order valence-corrected chi connectivity index (χ3v) is 4.75. The smallest absolute Gasteiger partial charge is 0.203 e. The van der Waals surface area contributed by atoms with Gasteiger partial charge in [-0.25, -0.2) is 15.0 Å². The fraction of sp³-hybridized carbons (Fsp3) is 0.174. The van der Waals surface area contributed by atoms with Crippen molar-refractivity contribution >= 4 is 10.9 Å². The Morgan fingerprint density at radius 1 is 0.793 bits per heavy atom. The SMILES string of the molecule is COc1cc(-c2nc(-c3ncc4ccccc4n3)ccc2C)cc(OC)c1OC. The normalized spacial score (nSPS) is 10.8. The number of rotatable bonds is 5. The Morgan fingerprint density at radius 2 is 1.52 bits per heavy atom. The number of aromatic nitrogens is 3. The van der Waals surface area contributed by atoms with Crippen LogP contribution in [0.15, 0.2) is 54.7 Å². The van der Waals surface area contributed by atoms with Crippen molar-refractivity contribution in [2.45, 2.75) is 6.92 Å². The van der Waals surface area contributed by atoms with E-state index in [1.165, 1.54) is 0 Å². The minimum Gasteiger partial charge on any atom is -0.493 e. The maximum Gasteiger partial charge on any atom is 0.203 e. The lowest BCUT2D eigenvalue weighted by atomic mass is 10.0. The van der Waals surface area contributed by atoms with Crippen molar-refractivity contribution in [3.63, 3.8) is 0 Å². The molecule has 146 valence electrons. The van der Waals surface area contributed by atoms with Crippen molar-refractivity contribution in [2.75, 3.05) is 21.3 Å². The summed E-state index contributed by atoms with van der Waals surface area (Å²) in [6, 6.07) is 15.6. The van der Waals surface area contributed by atoms with Gasteiger partial charge < -0.3 is 14.2 Å². The van der Waals surface area contributed by atoms with Gasteiger partial charge >= 0.3 is 0 Å². The molecule has 0 unspecified atom stereocenters. The van der Waals surface area contributed by atoms with Crippen LogP contribution in [0.3, 0.4) is 0 Å². The summed E-state index contributed by atoms with van der Waals surface area (Å²) >= 11 is 0. The maximum atomic E-state index is 5.49. The Balaban J connectivity index is 1.85. The average Bonchev–Trinajstić information content (AvgIpc) is 2.78. The van der Waals surface area contributed by atoms with Gasteiger partial charge in [-0.2, -0.15) is 0 Å². The quantitative estimate of drug-likeness (QED) is 0.495. The zero-order valence-electron chi connectivity index (χ0n) is 16.8. The summed E-state index contributed by atoms with van der Waals surface area (Å²) in [4.78, 5) is 14.0. The van der Waals surface area contributed by atoms with Gasteiger partial charge in [0.25, 0.3) is 0 Å². The van der Waals surface area contributed by atoms with E-state index < -0.39 is 0 Å². The summed E-state index contributed by atoms with van der Waals surface area (Å²) in [5.41, 5.74) is 4.27. The number of para-hydroxylation sites is 1. The van der Waals surface area contributed by atoms with Gasteiger partial charge in [0, 0.05) is 17.1 Å². The Kier molecular flexibility index (Phi) is 4.99. The molecule has 0 N–H and O–H groups in total. The molecule has 2 heterocycles. The van der Waals surface area contributed by atoms with E-state index in [4.69, 9.17) is 19.2 Å². The van der Waals surface area contributed by atoms with Crippen LogP contribution in [-0.2, 0) is 0 Å². The second-order valence-electron chi connectivity index (χ2n) is 6.53. The van der Waals surface area contributed by atoms with Crippen LogP contribution in [-0.4, -0.2) is 36.3 Å². The van der Waals surface area contributed by atoms with Crippen LogP contribution < -0.4 is 14.2 Å². The first kappa shape index (κ1) is 18.7. The van der Waals surface area contributed by atoms with Crippen LogP contribution in [0.5, 0.6) is 17.2 Å². The molecule has 0 aliphatic carbocycles. The minimum atomic E-state index is 0.547. The van der Waals surface area contributed by atoms with Crippen LogP contribution in [0.1, 0.15) is 5.56 Å². The molecule has 6 heteroatoms. The topological polar surface area (TPSA) is 66.4 Å². The molecular weight excluding hydrogens is 366 g/mol. The number of hydrogen-bond donors (Lipinski definition) is 0. The summed E-state index contributed by atoms with van der Waals surface area (Å²) < 4.78 is 16.4. The van der Waals surface area contributed by atoms with Gasteiger partial charge in [-0.05, 0) is 36.8 Å². The van der Waals surface area contributed by atoms with E-state index in [0.717, 1.165) is 27.7 Å². The standard InChI is InChI=1S/C23H21N3O3/c1-14-9-10-18(23-24-13-15-7-5-6-8-17(15)26-23)25-21(14)16-11-19(27-2)22(29-4)20(12-16)28-3/h5-13H,1-4H3. The molecule has 2 aromatic heterocycles. The van der Waals surface area contributed by atoms with Crippen LogP contribution in [0.2, 0.25) is 0 Å². The van der Waals surface area contributed by atoms with E-state index in [-0.39, 0.29) is 0 Å². The first-order chi connectivity index (χ1) is 14.1. The van der Waals surface area contributed by atoms with E-state index in [0.29, 0.717) is 28.8 Å². The highest BCUT2D eigenvalue weighted by Crippen LogP contribution is 2.41. The second-order valence-corrected chi connectivity index (χ2v) is 6.53. The van der Waals surface area contributed by atoms with E-state index in [2.05, 4.69) is 9.97 Å². The molecule has 6 nitrogen and oxygen atoms in total. The molecule has 4 aromatic rings. The van der Waals surface area contributed by atoms with Gasteiger partial charge in [0.2, 0.25) is 5.75 Å². The fourth-order valence-corrected chi connectivity index (χ4v) is 3.26. The predicted molar refractivity (Wildman–Crippen MR) is 113 cm³/mol. The third-order valence-electron chi connectivity index (χ3n) is 4.75. The van der Waals surface area contributed by atoms with Gasteiger partial charge in [0.05, 0.1) is 32.5 Å². The van der Waals surface area contributed by atoms with Gasteiger partial charge in [0.15, 0.2) is 17.3 Å². The van der Waals surface area contributed by atoms with Gasteiger partial charge in [-0.3, -0.25) is 0 Å². The zero-order chi connectivity index (χ0) is 20.4. The first-order valence-corrected chi connectivity index (χ1v) is 9.14. The van der Waals surface area contributed by atoms with Gasteiger partial charge in [-0.1, -0.05) is 24.3 Å². The average molecular weight is 387 g/mol. The minimum absolute atomic E-state index is 0.547. The summed E-state index contributed by atoms with van der Waals surface area (Å²) in [5.74, 6) is 2.29. The molecule has 0 fully saturated rings. The first-order valence-electron chi connectivity index (χ1n) is 9.14. The molecule has 4 rings (SSSR count). The molecule has 0 aliphatic heterocycles. The fourth-order valence-electron chi connectivity index (χ4n) is 3.26. The number of pyridine rings is 1. The molecule has 0 radical (unpaired) electrons. The highest BCUT2D eigenvalue weighted by molar-refractivity contribution is 5.79. The largest absolute Gasteiger partial charge is 0.493 e. The second kappa shape index (κ2) is 7.75. The van der Waals surface area contributed by atoms with Crippen molar-refractivity contribution in [1.82, 2.24) is 15.0 Å². The molecule has 0 saturated heterocycles. The number of aryl methyl sites for hydroxylation is 1. The molecule has 0 spiro atoms. The molecule has 0 saturated carbocycles. The number of benzene rings is 2. The zero-order valence-corrected chi connectivity index (χ0v) is 16.8. The van der Waals surface area contributed by atoms with E-state index >= 15 is 0 Å². The van der Waals surface area contributed by atoms with Crippen molar-refractivity contribution in [3.05, 3.63) is 60.3 Å². The predicted octanol–water partition coefficient (Wildman–Crippen LogP) is 4.69. The number of hydrogen-bond acceptors (Lipinski definition) is 6. The molecular formula is C23H21N3O3. The van der Waals surface area contributed by atoms with Crippen LogP contribution in [0.4, 0.5) is 0 Å². The molecule has 0 bridgehead atoms. The number of nitrogens with zero attached hydrogens (tertiary/aromatic N) is 3. The number of fused-ring (bicyclic) bond motifs is 1. The van der Waals surface area contributed by atoms with Crippen LogP contribution >= 0.6 is 0 Å². The summed E-state index contributed by atoms with van der Waals surface area (Å²) in [6.45, 7) is 2.01. The molecule has 29 heavy (non-hydrogen) atoms. The van der Waals surface area contributed by atoms with Crippen LogP contribution in [0, 0.1) is 6.92 Å². The third kappa shape index (κ3) is 3.45. The Bertz CT molecular complexity index is 1170. The number of ether oxygens (including phenoxy) is 3. The Morgan fingerprint density at radius 3 is 2.21 bits per heavy atom. The summed E-state index contributed by atoms with van der Waals surface area (Å²) in [5, 5.41) is 0.994. The van der Waals surface area contributed by atoms with Crippen molar-refractivity contribution < 1.29 is 14.2 Å². The lowest BCUT2D eigenvalue weighted by Gasteiger charge is -2.15. The summed E-state index contributed by atoms with van der Waals surface area (Å²) in [6.07, 6.45) is 1.82.